The van der Waals surface area contributed by atoms with Gasteiger partial charge in [-0.25, -0.2) is 4.79 Å². The van der Waals surface area contributed by atoms with Gasteiger partial charge in [0.15, 0.2) is 0 Å². The van der Waals surface area contributed by atoms with E-state index in [0.717, 1.165) is 5.56 Å². The Hall–Kier alpha value is -1.62. The van der Waals surface area contributed by atoms with Crippen LogP contribution >= 0.6 is 11.6 Å². The van der Waals surface area contributed by atoms with Gasteiger partial charge in [0.05, 0.1) is 25.2 Å². The molecule has 0 saturated heterocycles. The van der Waals surface area contributed by atoms with E-state index in [4.69, 9.17) is 25.8 Å². The van der Waals surface area contributed by atoms with Crippen molar-refractivity contribution >= 4 is 17.7 Å². The first-order chi connectivity index (χ1) is 9.80. The van der Waals surface area contributed by atoms with Crippen LogP contribution in [-0.4, -0.2) is 36.9 Å². The molecule has 1 aromatic rings. The zero-order valence-electron chi connectivity index (χ0n) is 12.7. The van der Waals surface area contributed by atoms with Gasteiger partial charge < -0.3 is 19.1 Å². The number of carbonyl (C=O) groups excluding carboxylic acids is 1. The van der Waals surface area contributed by atoms with Crippen LogP contribution < -0.4 is 9.47 Å². The highest BCUT2D eigenvalue weighted by molar-refractivity contribution is 6.32. The molecular formula is C15H20ClNO4. The van der Waals surface area contributed by atoms with E-state index >= 15 is 0 Å². The third-order valence-electron chi connectivity index (χ3n) is 2.97. The summed E-state index contributed by atoms with van der Waals surface area (Å²) in [6.07, 6.45) is -0.354. The Bertz CT molecular complexity index is 539. The SMILES string of the molecule is COc1cc2c(cc1Cl)OCCN(C(=O)OC(C)(C)C)C2. The normalized spacial score (nSPS) is 14.8. The number of halogens is 1. The highest BCUT2D eigenvalue weighted by Crippen LogP contribution is 2.34. The van der Waals surface area contributed by atoms with Gasteiger partial charge in [0.2, 0.25) is 0 Å². The van der Waals surface area contributed by atoms with E-state index in [-0.39, 0.29) is 6.09 Å². The Balaban J connectivity index is 2.22. The molecule has 116 valence electrons. The molecule has 2 rings (SSSR count). The molecule has 1 aliphatic rings. The first kappa shape index (κ1) is 15.8. The van der Waals surface area contributed by atoms with Crippen LogP contribution in [0.2, 0.25) is 5.02 Å². The minimum atomic E-state index is -0.523. The average Bonchev–Trinajstić information content (AvgIpc) is 2.57. The number of methoxy groups -OCH3 is 1. The third kappa shape index (κ3) is 3.94. The Morgan fingerprint density at radius 3 is 2.71 bits per heavy atom. The van der Waals surface area contributed by atoms with Crippen LogP contribution in [0.3, 0.4) is 0 Å². The largest absolute Gasteiger partial charge is 0.495 e. The predicted octanol–water partition coefficient (Wildman–Crippen LogP) is 3.48. The van der Waals surface area contributed by atoms with Crippen molar-refractivity contribution in [2.75, 3.05) is 20.3 Å². The first-order valence-corrected chi connectivity index (χ1v) is 7.15. The molecule has 1 aromatic carbocycles. The lowest BCUT2D eigenvalue weighted by atomic mass is 10.1. The molecule has 1 amide bonds. The summed E-state index contributed by atoms with van der Waals surface area (Å²) in [5, 5.41) is 0.488. The summed E-state index contributed by atoms with van der Waals surface area (Å²) in [5.41, 5.74) is 0.324. The second-order valence-electron chi connectivity index (χ2n) is 5.84. The monoisotopic (exact) mass is 313 g/mol. The predicted molar refractivity (Wildman–Crippen MR) is 80.1 cm³/mol. The van der Waals surface area contributed by atoms with E-state index in [0.29, 0.717) is 36.2 Å². The van der Waals surface area contributed by atoms with Crippen molar-refractivity contribution in [3.63, 3.8) is 0 Å². The Labute approximate surface area is 129 Å². The second kappa shape index (κ2) is 6.02. The summed E-state index contributed by atoms with van der Waals surface area (Å²) >= 11 is 6.09. The van der Waals surface area contributed by atoms with Crippen LogP contribution in [0, 0.1) is 0 Å². The van der Waals surface area contributed by atoms with Crippen LogP contribution in [0.1, 0.15) is 26.3 Å². The fourth-order valence-electron chi connectivity index (χ4n) is 2.02. The molecule has 0 aromatic heterocycles. The molecule has 0 N–H and O–H groups in total. The summed E-state index contributed by atoms with van der Waals surface area (Å²) in [4.78, 5) is 13.8. The maximum Gasteiger partial charge on any atom is 0.410 e. The average molecular weight is 314 g/mol. The minimum absolute atomic E-state index is 0.354. The first-order valence-electron chi connectivity index (χ1n) is 6.77. The Morgan fingerprint density at radius 1 is 1.38 bits per heavy atom. The molecule has 0 fully saturated rings. The van der Waals surface area contributed by atoms with Gasteiger partial charge in [0.25, 0.3) is 0 Å². The minimum Gasteiger partial charge on any atom is -0.495 e. The number of carbonyl (C=O) groups is 1. The molecule has 0 atom stereocenters. The van der Waals surface area contributed by atoms with Gasteiger partial charge in [-0.15, -0.1) is 0 Å². The summed E-state index contributed by atoms with van der Waals surface area (Å²) in [6.45, 7) is 6.79. The van der Waals surface area contributed by atoms with Gasteiger partial charge in [0, 0.05) is 11.6 Å². The lowest BCUT2D eigenvalue weighted by molar-refractivity contribution is 0.0225. The van der Waals surface area contributed by atoms with Crippen LogP contribution in [0.15, 0.2) is 12.1 Å². The van der Waals surface area contributed by atoms with Crippen molar-refractivity contribution in [3.05, 3.63) is 22.7 Å². The standard InChI is InChI=1S/C15H20ClNO4/c1-15(2,3)21-14(18)17-5-6-20-12-8-11(16)13(19-4)7-10(12)9-17/h7-8H,5-6,9H2,1-4H3. The van der Waals surface area contributed by atoms with Crippen LogP contribution in [0.5, 0.6) is 11.5 Å². The number of hydrogen-bond donors (Lipinski definition) is 0. The number of hydrogen-bond acceptors (Lipinski definition) is 4. The lowest BCUT2D eigenvalue weighted by Crippen LogP contribution is -2.37. The van der Waals surface area contributed by atoms with Crippen LogP contribution in [-0.2, 0) is 11.3 Å². The summed E-state index contributed by atoms with van der Waals surface area (Å²) in [7, 11) is 1.55. The van der Waals surface area contributed by atoms with Crippen LogP contribution in [0.25, 0.3) is 0 Å². The number of benzene rings is 1. The summed E-state index contributed by atoms with van der Waals surface area (Å²) < 4.78 is 16.3. The fourth-order valence-corrected chi connectivity index (χ4v) is 2.26. The second-order valence-corrected chi connectivity index (χ2v) is 6.25. The highest BCUT2D eigenvalue weighted by Gasteiger charge is 2.25. The van der Waals surface area contributed by atoms with Crippen molar-refractivity contribution in [2.45, 2.75) is 32.9 Å². The molecule has 0 aliphatic carbocycles. The highest BCUT2D eigenvalue weighted by atomic mass is 35.5. The van der Waals surface area contributed by atoms with Crippen molar-refractivity contribution in [3.8, 4) is 11.5 Å². The smallest absolute Gasteiger partial charge is 0.410 e. The number of fused-ring (bicyclic) bond motifs is 1. The van der Waals surface area contributed by atoms with Gasteiger partial charge in [0.1, 0.15) is 23.7 Å². The molecule has 0 saturated carbocycles. The van der Waals surface area contributed by atoms with Crippen molar-refractivity contribution < 1.29 is 19.0 Å². The van der Waals surface area contributed by atoms with Gasteiger partial charge >= 0.3 is 6.09 Å². The van der Waals surface area contributed by atoms with Crippen molar-refractivity contribution in [1.29, 1.82) is 0 Å². The zero-order chi connectivity index (χ0) is 15.6. The number of rotatable bonds is 1. The molecular weight excluding hydrogens is 294 g/mol. The van der Waals surface area contributed by atoms with E-state index < -0.39 is 5.60 Å². The quantitative estimate of drug-likeness (QED) is 0.796. The van der Waals surface area contributed by atoms with Crippen molar-refractivity contribution in [1.82, 2.24) is 4.90 Å². The Kier molecular flexibility index (Phi) is 4.52. The topological polar surface area (TPSA) is 48.0 Å². The number of ether oxygens (including phenoxy) is 3. The van der Waals surface area contributed by atoms with Gasteiger partial charge in [-0.05, 0) is 26.8 Å². The van der Waals surface area contributed by atoms with E-state index in [9.17, 15) is 4.79 Å². The molecule has 0 spiro atoms. The molecule has 0 unspecified atom stereocenters. The molecule has 0 radical (unpaired) electrons. The van der Waals surface area contributed by atoms with Gasteiger partial charge in [-0.3, -0.25) is 0 Å². The molecule has 6 heteroatoms. The molecule has 21 heavy (non-hydrogen) atoms. The van der Waals surface area contributed by atoms with E-state index in [1.54, 1.807) is 24.1 Å². The Morgan fingerprint density at radius 2 is 2.10 bits per heavy atom. The number of amides is 1. The number of nitrogens with zero attached hydrogens (tertiary/aromatic N) is 1. The molecule has 5 nitrogen and oxygen atoms in total. The maximum atomic E-state index is 12.2. The fraction of sp³-hybridized carbons (Fsp3) is 0.533. The van der Waals surface area contributed by atoms with Crippen molar-refractivity contribution in [2.24, 2.45) is 0 Å². The van der Waals surface area contributed by atoms with E-state index in [2.05, 4.69) is 0 Å². The summed E-state index contributed by atoms with van der Waals surface area (Å²) in [5.74, 6) is 1.23. The third-order valence-corrected chi connectivity index (χ3v) is 3.26. The van der Waals surface area contributed by atoms with Crippen LogP contribution in [0.4, 0.5) is 4.79 Å². The molecule has 0 bridgehead atoms. The van der Waals surface area contributed by atoms with E-state index in [1.807, 2.05) is 20.8 Å². The summed E-state index contributed by atoms with van der Waals surface area (Å²) in [6, 6.07) is 3.51. The van der Waals surface area contributed by atoms with E-state index in [1.165, 1.54) is 0 Å². The molecule has 1 heterocycles. The zero-order valence-corrected chi connectivity index (χ0v) is 13.5. The van der Waals surface area contributed by atoms with Gasteiger partial charge in [-0.2, -0.15) is 0 Å². The molecule has 1 aliphatic heterocycles. The lowest BCUT2D eigenvalue weighted by Gasteiger charge is -2.26. The van der Waals surface area contributed by atoms with Gasteiger partial charge in [-0.1, -0.05) is 11.6 Å². The maximum absolute atomic E-state index is 12.2.